The quantitative estimate of drug-likeness (QED) is 0.377. The molecule has 3 heterocycles. The smallest absolute Gasteiger partial charge is 0.408 e. The Morgan fingerprint density at radius 2 is 1.92 bits per heavy atom. The highest BCUT2D eigenvalue weighted by atomic mass is 32.2. The predicted molar refractivity (Wildman–Crippen MR) is 173 cm³/mol. The van der Waals surface area contributed by atoms with Crippen molar-refractivity contribution < 1.29 is 45.9 Å². The Balaban J connectivity index is 1.28. The second-order valence-corrected chi connectivity index (χ2v) is 16.2. The summed E-state index contributed by atoms with van der Waals surface area (Å²) in [5, 5.41) is 4.84. The molecule has 2 aromatic rings. The highest BCUT2D eigenvalue weighted by molar-refractivity contribution is 7.91. The molecule has 0 spiro atoms. The van der Waals surface area contributed by atoms with Gasteiger partial charge in [0.15, 0.2) is 5.58 Å². The van der Waals surface area contributed by atoms with Gasteiger partial charge in [-0.15, -0.1) is 0 Å². The molecule has 3 fully saturated rings. The molecule has 5 atom stereocenters. The van der Waals surface area contributed by atoms with Crippen molar-refractivity contribution in [3.05, 3.63) is 36.2 Å². The first kappa shape index (κ1) is 34.6. The number of allylic oxidation sites excluding steroid dienone is 1. The number of nitrogens with one attached hydrogen (secondary N) is 3. The maximum atomic E-state index is 14.2. The molecule has 1 aromatic heterocycles. The molecule has 266 valence electrons. The number of hydrogen-bond donors (Lipinski definition) is 3. The van der Waals surface area contributed by atoms with Crippen LogP contribution in [0.3, 0.4) is 0 Å². The molecule has 14 nitrogen and oxygen atoms in total. The molecule has 6 rings (SSSR count). The van der Waals surface area contributed by atoms with E-state index < -0.39 is 80.2 Å². The van der Waals surface area contributed by atoms with Gasteiger partial charge in [-0.25, -0.2) is 17.6 Å². The van der Waals surface area contributed by atoms with Crippen molar-refractivity contribution in [1.82, 2.24) is 25.2 Å². The van der Waals surface area contributed by atoms with E-state index in [1.807, 2.05) is 12.2 Å². The van der Waals surface area contributed by atoms with E-state index in [1.165, 1.54) is 23.1 Å². The number of oxazole rings is 1. The molecule has 1 aromatic carbocycles. The van der Waals surface area contributed by atoms with Crippen molar-refractivity contribution in [2.24, 2.45) is 5.92 Å². The third-order valence-electron chi connectivity index (χ3n) is 9.13. The standard InChI is InChI=1S/C33H42FN5O9S/c1-32(2,3)48-30(43)35-23-10-8-6-4-5-7-9-19-17-33(19,29(42)38-49(44,45)22-12-13-22)37-27(40)25-16-21(18-39(25)28(23)41)46-31-36-24-15-20(34)11-14-26(24)47-31/h7,9,11,14-15,19,21-23,25H,4-6,8,10,12-13,16-18H2,1-3H3,(H,35,43)(H,37,40)(H,38,42)/b9-7-/t19-,21+,23-,25-,33+/m0/s1. The number of alkyl carbamates (subject to hydrolysis) is 1. The summed E-state index contributed by atoms with van der Waals surface area (Å²) in [6.07, 6.45) is 6.10. The van der Waals surface area contributed by atoms with Gasteiger partial charge in [-0.1, -0.05) is 25.0 Å². The average molecular weight is 704 g/mol. The van der Waals surface area contributed by atoms with E-state index in [2.05, 4.69) is 20.3 Å². The Morgan fingerprint density at radius 1 is 1.14 bits per heavy atom. The van der Waals surface area contributed by atoms with Crippen molar-refractivity contribution in [2.45, 2.75) is 113 Å². The summed E-state index contributed by atoms with van der Waals surface area (Å²) in [6.45, 7) is 5.01. The third-order valence-corrected chi connectivity index (χ3v) is 11.0. The minimum Gasteiger partial charge on any atom is -0.445 e. The van der Waals surface area contributed by atoms with E-state index in [9.17, 15) is 32.0 Å². The molecule has 0 bridgehead atoms. The van der Waals surface area contributed by atoms with Crippen molar-refractivity contribution in [1.29, 1.82) is 0 Å². The van der Waals surface area contributed by atoms with Crippen molar-refractivity contribution in [3.63, 3.8) is 0 Å². The zero-order valence-electron chi connectivity index (χ0n) is 27.7. The molecular formula is C33H42FN5O9S. The Kier molecular flexibility index (Phi) is 9.37. The fraction of sp³-hybridized carbons (Fsp3) is 0.606. The molecule has 1 saturated heterocycles. The fourth-order valence-electron chi connectivity index (χ4n) is 6.37. The van der Waals surface area contributed by atoms with Gasteiger partial charge in [-0.3, -0.25) is 19.1 Å². The normalized spacial score (nSPS) is 28.7. The number of sulfonamides is 1. The minimum atomic E-state index is -3.90. The number of amides is 4. The predicted octanol–water partition coefficient (Wildman–Crippen LogP) is 3.21. The average Bonchev–Trinajstić information content (AvgIpc) is 3.90. The number of ether oxygens (including phenoxy) is 2. The van der Waals surface area contributed by atoms with Crippen molar-refractivity contribution in [2.75, 3.05) is 6.54 Å². The molecule has 2 aliphatic heterocycles. The number of nitrogens with zero attached hydrogens (tertiary/aromatic N) is 2. The zero-order chi connectivity index (χ0) is 35.1. The van der Waals surface area contributed by atoms with Crippen LogP contribution in [0.5, 0.6) is 6.08 Å². The molecule has 2 saturated carbocycles. The van der Waals surface area contributed by atoms with Crippen LogP contribution in [0.15, 0.2) is 34.8 Å². The summed E-state index contributed by atoms with van der Waals surface area (Å²) in [5.74, 6) is -3.01. The summed E-state index contributed by atoms with van der Waals surface area (Å²) >= 11 is 0. The topological polar surface area (TPSA) is 186 Å². The molecule has 4 amide bonds. The van der Waals surface area contributed by atoms with Crippen LogP contribution in [0, 0.1) is 11.7 Å². The minimum absolute atomic E-state index is 0.0393. The lowest BCUT2D eigenvalue weighted by atomic mass is 10.0. The van der Waals surface area contributed by atoms with Gasteiger partial charge >= 0.3 is 12.2 Å². The summed E-state index contributed by atoms with van der Waals surface area (Å²) < 4.78 is 58.4. The van der Waals surface area contributed by atoms with Crippen LogP contribution in [0.1, 0.15) is 78.6 Å². The molecule has 49 heavy (non-hydrogen) atoms. The van der Waals surface area contributed by atoms with Gasteiger partial charge in [0.05, 0.1) is 11.8 Å². The number of halogens is 1. The van der Waals surface area contributed by atoms with Crippen LogP contribution in [-0.4, -0.2) is 83.2 Å². The monoisotopic (exact) mass is 703 g/mol. The van der Waals surface area contributed by atoms with Crippen LogP contribution < -0.4 is 20.1 Å². The highest BCUT2D eigenvalue weighted by Gasteiger charge is 2.62. The Hall–Kier alpha value is -4.21. The summed E-state index contributed by atoms with van der Waals surface area (Å²) in [6, 6.07) is 1.60. The highest BCUT2D eigenvalue weighted by Crippen LogP contribution is 2.46. The molecule has 2 aliphatic carbocycles. The number of hydrogen-bond acceptors (Lipinski definition) is 10. The molecule has 4 aliphatic rings. The van der Waals surface area contributed by atoms with Gasteiger partial charge in [0, 0.05) is 18.4 Å². The SMILES string of the molecule is CC(C)(C)OC(=O)N[C@H]1CCCCC/C=C\[C@H]2C[C@@]2(C(=O)NS(=O)(=O)C2CC2)NC(=O)[C@@H]2C[C@@H](Oc3nc4cc(F)ccc4o3)CN2C1=O. The maximum Gasteiger partial charge on any atom is 0.408 e. The Morgan fingerprint density at radius 3 is 2.65 bits per heavy atom. The lowest BCUT2D eigenvalue weighted by Gasteiger charge is -2.30. The molecule has 16 heteroatoms. The van der Waals surface area contributed by atoms with Gasteiger partial charge < -0.3 is 29.4 Å². The largest absolute Gasteiger partial charge is 0.445 e. The van der Waals surface area contributed by atoms with E-state index in [0.29, 0.717) is 25.7 Å². The van der Waals surface area contributed by atoms with Crippen molar-refractivity contribution >= 4 is 44.9 Å². The van der Waals surface area contributed by atoms with Crippen LogP contribution in [-0.2, 0) is 29.1 Å². The van der Waals surface area contributed by atoms with Crippen molar-refractivity contribution in [3.8, 4) is 6.08 Å². The molecule has 0 unspecified atom stereocenters. The first-order valence-electron chi connectivity index (χ1n) is 16.7. The van der Waals surface area contributed by atoms with Gasteiger partial charge in [0.1, 0.15) is 40.7 Å². The van der Waals surface area contributed by atoms with E-state index in [-0.39, 0.29) is 43.0 Å². The second kappa shape index (κ2) is 13.2. The van der Waals surface area contributed by atoms with Gasteiger partial charge in [-0.05, 0) is 71.4 Å². The Bertz CT molecular complexity index is 1770. The number of fused-ring (bicyclic) bond motifs is 3. The second-order valence-electron chi connectivity index (χ2n) is 14.3. The number of rotatable bonds is 6. The van der Waals surface area contributed by atoms with E-state index in [4.69, 9.17) is 13.9 Å². The van der Waals surface area contributed by atoms with Gasteiger partial charge in [0.25, 0.3) is 5.91 Å². The van der Waals surface area contributed by atoms with Crippen LogP contribution >= 0.6 is 0 Å². The number of aromatic nitrogens is 1. The summed E-state index contributed by atoms with van der Waals surface area (Å²) in [7, 11) is -3.90. The zero-order valence-corrected chi connectivity index (χ0v) is 28.5. The third kappa shape index (κ3) is 8.00. The number of carbonyl (C=O) groups excluding carboxylic acids is 4. The number of benzene rings is 1. The maximum absolute atomic E-state index is 14.2. The lowest BCUT2D eigenvalue weighted by molar-refractivity contribution is -0.141. The molecule has 0 radical (unpaired) electrons. The summed E-state index contributed by atoms with van der Waals surface area (Å²) in [5.41, 5.74) is -1.84. The van der Waals surface area contributed by atoms with Crippen LogP contribution in [0.2, 0.25) is 0 Å². The van der Waals surface area contributed by atoms with Gasteiger partial charge in [-0.2, -0.15) is 4.98 Å². The molecule has 3 N–H and O–H groups in total. The Labute approximate surface area is 283 Å². The summed E-state index contributed by atoms with van der Waals surface area (Å²) in [4.78, 5) is 60.2. The van der Waals surface area contributed by atoms with Gasteiger partial charge in [0.2, 0.25) is 21.8 Å². The van der Waals surface area contributed by atoms with E-state index in [0.717, 1.165) is 12.8 Å². The lowest BCUT2D eigenvalue weighted by Crippen LogP contribution is -2.58. The van der Waals surface area contributed by atoms with Crippen LogP contribution in [0.4, 0.5) is 9.18 Å². The first-order valence-corrected chi connectivity index (χ1v) is 18.3. The molecular weight excluding hydrogens is 661 g/mol. The van der Waals surface area contributed by atoms with E-state index >= 15 is 0 Å². The van der Waals surface area contributed by atoms with E-state index in [1.54, 1.807) is 20.8 Å². The first-order chi connectivity index (χ1) is 23.1. The fourth-order valence-corrected chi connectivity index (χ4v) is 7.73. The van der Waals surface area contributed by atoms with Crippen LogP contribution in [0.25, 0.3) is 11.1 Å². The number of carbonyl (C=O) groups is 4.